The number of fused-ring (bicyclic) bond motifs is 5. The molecule has 6 atom stereocenters. The molecule has 0 bridgehead atoms. The minimum absolute atomic E-state index is 0.0597. The summed E-state index contributed by atoms with van der Waals surface area (Å²) in [5.41, 5.74) is 1.99. The van der Waals surface area contributed by atoms with Gasteiger partial charge < -0.3 is 10.2 Å². The summed E-state index contributed by atoms with van der Waals surface area (Å²) < 4.78 is 14.3. The monoisotopic (exact) mass is 348 g/mol. The molecular formula is C22H33FO2. The Bertz CT molecular complexity index is 634. The van der Waals surface area contributed by atoms with Crippen molar-refractivity contribution >= 4 is 0 Å². The minimum Gasteiger partial charge on any atom is -0.390 e. The molecule has 4 aliphatic rings. The number of aliphatic hydroxyl groups is 2. The Morgan fingerprint density at radius 1 is 1.12 bits per heavy atom. The molecule has 3 heteroatoms. The van der Waals surface area contributed by atoms with E-state index in [-0.39, 0.29) is 16.7 Å². The topological polar surface area (TPSA) is 40.5 Å². The van der Waals surface area contributed by atoms with Crippen LogP contribution in [-0.2, 0) is 0 Å². The highest BCUT2D eigenvalue weighted by Gasteiger charge is 2.58. The molecule has 4 aliphatic carbocycles. The van der Waals surface area contributed by atoms with Gasteiger partial charge in [-0.25, -0.2) is 4.39 Å². The first-order valence-corrected chi connectivity index (χ1v) is 10.1. The number of hydrogen-bond donors (Lipinski definition) is 2. The molecule has 0 unspecified atom stereocenters. The van der Waals surface area contributed by atoms with Crippen molar-refractivity contribution in [1.29, 1.82) is 0 Å². The molecule has 0 heterocycles. The molecule has 2 nitrogen and oxygen atoms in total. The molecule has 140 valence electrons. The van der Waals surface area contributed by atoms with Crippen molar-refractivity contribution < 1.29 is 14.6 Å². The van der Waals surface area contributed by atoms with Gasteiger partial charge in [0.05, 0.1) is 12.2 Å². The summed E-state index contributed by atoms with van der Waals surface area (Å²) >= 11 is 0. The predicted octanol–water partition coefficient (Wildman–Crippen LogP) is 4.92. The van der Waals surface area contributed by atoms with Crippen LogP contribution in [0.1, 0.15) is 72.1 Å². The van der Waals surface area contributed by atoms with Crippen LogP contribution in [0.3, 0.4) is 0 Å². The fraction of sp³-hybridized carbons (Fsp3) is 0.818. The van der Waals surface area contributed by atoms with E-state index >= 15 is 0 Å². The maximum atomic E-state index is 14.3. The average Bonchev–Trinajstić information content (AvgIpc) is 2.92. The molecule has 0 spiro atoms. The number of rotatable bonds is 1. The van der Waals surface area contributed by atoms with Crippen molar-refractivity contribution in [3.05, 3.63) is 23.0 Å². The molecule has 0 aromatic heterocycles. The second-order valence-corrected chi connectivity index (χ2v) is 9.97. The molecular weight excluding hydrogens is 315 g/mol. The molecule has 0 saturated heterocycles. The zero-order chi connectivity index (χ0) is 18.0. The number of allylic oxidation sites excluding steroid dienone is 2. The fourth-order valence-corrected chi connectivity index (χ4v) is 7.16. The van der Waals surface area contributed by atoms with Crippen LogP contribution < -0.4 is 0 Å². The Morgan fingerprint density at radius 3 is 2.56 bits per heavy atom. The lowest BCUT2D eigenvalue weighted by Crippen LogP contribution is -2.51. The van der Waals surface area contributed by atoms with Gasteiger partial charge in [-0.2, -0.15) is 0 Å². The third-order valence-electron chi connectivity index (χ3n) is 8.63. The van der Waals surface area contributed by atoms with Gasteiger partial charge >= 0.3 is 0 Å². The Hall–Kier alpha value is -0.670. The van der Waals surface area contributed by atoms with E-state index in [9.17, 15) is 14.6 Å². The third kappa shape index (κ3) is 2.49. The summed E-state index contributed by atoms with van der Waals surface area (Å²) in [7, 11) is 0. The summed E-state index contributed by atoms with van der Waals surface area (Å²) in [6, 6.07) is 0. The highest BCUT2D eigenvalue weighted by Crippen LogP contribution is 2.66. The lowest BCUT2D eigenvalue weighted by molar-refractivity contribution is -0.0508. The Kier molecular flexibility index (Phi) is 4.01. The van der Waals surface area contributed by atoms with Crippen molar-refractivity contribution in [3.8, 4) is 0 Å². The standard InChI is InChI=1S/C22H33FO2/c1-20(25)10-11-21(2)14(12-20)4-5-15-16-6-7-18(19(23)13-24)22(16,3)9-8-17(15)21/h4,15-17,24-25H,5-13H2,1-3H3/t15-,16-,17-,20-,21-,22-/m0/s1. The van der Waals surface area contributed by atoms with E-state index < -0.39 is 12.2 Å². The van der Waals surface area contributed by atoms with E-state index in [2.05, 4.69) is 19.9 Å². The molecule has 25 heavy (non-hydrogen) atoms. The van der Waals surface area contributed by atoms with Crippen LogP contribution in [0.15, 0.2) is 23.0 Å². The smallest absolute Gasteiger partial charge is 0.125 e. The first-order chi connectivity index (χ1) is 11.7. The van der Waals surface area contributed by atoms with E-state index in [1.807, 2.05) is 6.92 Å². The molecule has 4 rings (SSSR count). The largest absolute Gasteiger partial charge is 0.390 e. The first kappa shape index (κ1) is 17.7. The highest BCUT2D eigenvalue weighted by molar-refractivity contribution is 5.31. The van der Waals surface area contributed by atoms with E-state index in [0.717, 1.165) is 56.9 Å². The highest BCUT2D eigenvalue weighted by atomic mass is 19.1. The molecule has 0 aromatic rings. The molecule has 0 aromatic carbocycles. The van der Waals surface area contributed by atoms with Gasteiger partial charge in [0.15, 0.2) is 0 Å². The van der Waals surface area contributed by atoms with Crippen molar-refractivity contribution in [1.82, 2.24) is 0 Å². The maximum absolute atomic E-state index is 14.3. The SMILES string of the molecule is C[C@]1(O)CC[C@@]2(C)C(=CC[C@@H]3[C@@H]2CC[C@]2(C)C(=C(F)CO)CC[C@@H]32)C1. The summed E-state index contributed by atoms with van der Waals surface area (Å²) in [6.45, 7) is 6.21. The summed E-state index contributed by atoms with van der Waals surface area (Å²) in [5.74, 6) is 1.56. The van der Waals surface area contributed by atoms with Gasteiger partial charge in [-0.05, 0) is 92.4 Å². The van der Waals surface area contributed by atoms with Crippen LogP contribution in [-0.4, -0.2) is 22.4 Å². The number of aliphatic hydroxyl groups excluding tert-OH is 1. The second kappa shape index (κ2) is 5.66. The first-order valence-electron chi connectivity index (χ1n) is 10.1. The van der Waals surface area contributed by atoms with E-state index in [1.54, 1.807) is 0 Å². The fourth-order valence-electron chi connectivity index (χ4n) is 7.16. The average molecular weight is 349 g/mol. The van der Waals surface area contributed by atoms with E-state index in [1.165, 1.54) is 5.57 Å². The number of hydrogen-bond acceptors (Lipinski definition) is 2. The van der Waals surface area contributed by atoms with Crippen LogP contribution in [0.5, 0.6) is 0 Å². The van der Waals surface area contributed by atoms with Crippen LogP contribution >= 0.6 is 0 Å². The molecule has 3 fully saturated rings. The normalized spacial score (nSPS) is 51.3. The lowest BCUT2D eigenvalue weighted by atomic mass is 9.47. The molecule has 0 aliphatic heterocycles. The van der Waals surface area contributed by atoms with Gasteiger partial charge in [0.25, 0.3) is 0 Å². The Balaban J connectivity index is 1.68. The lowest BCUT2D eigenvalue weighted by Gasteiger charge is -2.58. The van der Waals surface area contributed by atoms with E-state index in [4.69, 9.17) is 0 Å². The third-order valence-corrected chi connectivity index (χ3v) is 8.63. The van der Waals surface area contributed by atoms with Crippen LogP contribution in [0.2, 0.25) is 0 Å². The van der Waals surface area contributed by atoms with Gasteiger partial charge in [0.1, 0.15) is 5.83 Å². The second-order valence-electron chi connectivity index (χ2n) is 9.97. The van der Waals surface area contributed by atoms with Gasteiger partial charge in [0, 0.05) is 0 Å². The Labute approximate surface area is 151 Å². The molecule has 3 saturated carbocycles. The molecule has 0 amide bonds. The van der Waals surface area contributed by atoms with Crippen molar-refractivity contribution in [2.75, 3.05) is 6.61 Å². The summed E-state index contributed by atoms with van der Waals surface area (Å²) in [5, 5.41) is 19.8. The summed E-state index contributed by atoms with van der Waals surface area (Å²) in [4.78, 5) is 0. The van der Waals surface area contributed by atoms with Gasteiger partial charge in [-0.15, -0.1) is 0 Å². The van der Waals surface area contributed by atoms with Crippen LogP contribution in [0, 0.1) is 28.6 Å². The maximum Gasteiger partial charge on any atom is 0.125 e. The predicted molar refractivity (Wildman–Crippen MR) is 97.5 cm³/mol. The minimum atomic E-state index is -0.547. The van der Waals surface area contributed by atoms with Crippen LogP contribution in [0.25, 0.3) is 0 Å². The Morgan fingerprint density at radius 2 is 1.84 bits per heavy atom. The van der Waals surface area contributed by atoms with E-state index in [0.29, 0.717) is 17.8 Å². The zero-order valence-corrected chi connectivity index (χ0v) is 15.9. The zero-order valence-electron chi connectivity index (χ0n) is 15.9. The number of halogens is 1. The van der Waals surface area contributed by atoms with Crippen molar-refractivity contribution in [2.24, 2.45) is 28.6 Å². The molecule has 2 N–H and O–H groups in total. The summed E-state index contributed by atoms with van der Waals surface area (Å²) in [6.07, 6.45) is 10.4. The van der Waals surface area contributed by atoms with Gasteiger partial charge in [0.2, 0.25) is 0 Å². The van der Waals surface area contributed by atoms with Crippen molar-refractivity contribution in [2.45, 2.75) is 77.7 Å². The van der Waals surface area contributed by atoms with Gasteiger partial charge in [-0.1, -0.05) is 25.5 Å². The van der Waals surface area contributed by atoms with Crippen LogP contribution in [0.4, 0.5) is 4.39 Å². The van der Waals surface area contributed by atoms with Crippen molar-refractivity contribution in [3.63, 3.8) is 0 Å². The quantitative estimate of drug-likeness (QED) is 0.661. The molecule has 0 radical (unpaired) electrons. The van der Waals surface area contributed by atoms with Gasteiger partial charge in [-0.3, -0.25) is 0 Å².